The summed E-state index contributed by atoms with van der Waals surface area (Å²) in [5, 5.41) is 24.8. The highest BCUT2D eigenvalue weighted by molar-refractivity contribution is 5.87. The highest BCUT2D eigenvalue weighted by atomic mass is 16.5. The molecule has 0 spiro atoms. The molecule has 8 nitrogen and oxygen atoms in total. The molecular weight excluding hydrogens is 324 g/mol. The van der Waals surface area contributed by atoms with Crippen LogP contribution in [0.2, 0.25) is 0 Å². The number of carboxylic acid groups (broad SMARTS) is 1. The third-order valence-electron chi connectivity index (χ3n) is 3.24. The Balaban J connectivity index is 0.00000277. The molecule has 8 heteroatoms. The number of nitrogens with two attached hydrogens (primary N) is 1. The Bertz CT molecular complexity index is 590. The molecule has 0 amide bonds. The van der Waals surface area contributed by atoms with Crippen molar-refractivity contribution in [2.75, 3.05) is 13.7 Å². The van der Waals surface area contributed by atoms with Crippen molar-refractivity contribution in [3.05, 3.63) is 35.9 Å². The fourth-order valence-electron chi connectivity index (χ4n) is 2.06. The van der Waals surface area contributed by atoms with E-state index in [1.165, 1.54) is 13.3 Å². The topological polar surface area (TPSA) is 141 Å². The number of rotatable bonds is 10. The van der Waals surface area contributed by atoms with Gasteiger partial charge in [0.1, 0.15) is 6.04 Å². The minimum atomic E-state index is -1.02. The predicted octanol–water partition coefficient (Wildman–Crippen LogP) is 1.51. The number of hydrogen-bond acceptors (Lipinski definition) is 7. The van der Waals surface area contributed by atoms with Crippen LogP contribution < -0.4 is 16.0 Å². The van der Waals surface area contributed by atoms with Crippen LogP contribution in [0.4, 0.5) is 0 Å². The van der Waals surface area contributed by atoms with Gasteiger partial charge in [-0.05, 0) is 43.7 Å². The molecule has 0 aliphatic rings. The maximum atomic E-state index is 11.2. The van der Waals surface area contributed by atoms with Crippen LogP contribution in [0.3, 0.4) is 0 Å². The van der Waals surface area contributed by atoms with Crippen molar-refractivity contribution < 1.29 is 19.7 Å². The van der Waals surface area contributed by atoms with Gasteiger partial charge in [0.25, 0.3) is 0 Å². The van der Waals surface area contributed by atoms with Crippen LogP contribution in [0.15, 0.2) is 29.8 Å². The Hall–Kier alpha value is -2.71. The molecule has 0 radical (unpaired) electrons. The van der Waals surface area contributed by atoms with E-state index in [2.05, 4.69) is 23.7 Å². The van der Waals surface area contributed by atoms with Crippen LogP contribution in [0.1, 0.15) is 24.0 Å². The van der Waals surface area contributed by atoms with E-state index in [0.717, 1.165) is 5.56 Å². The van der Waals surface area contributed by atoms with Gasteiger partial charge in [0.15, 0.2) is 11.5 Å². The number of phenolic OH excluding ortho intramolecular Hbond substituents is 1. The molecule has 138 valence electrons. The minimum absolute atomic E-state index is 0.0724. The summed E-state index contributed by atoms with van der Waals surface area (Å²) in [6, 6.07) is 2.54. The number of hydrogen-bond donors (Lipinski definition) is 5. The quantitative estimate of drug-likeness (QED) is 0.142. The summed E-state index contributed by atoms with van der Waals surface area (Å²) in [6.07, 6.45) is 4.62. The molecule has 1 atom stereocenters. The smallest absolute Gasteiger partial charge is 0.328 e. The van der Waals surface area contributed by atoms with Crippen LogP contribution in [0, 0.1) is 5.41 Å². The molecule has 0 bridgehead atoms. The lowest BCUT2D eigenvalue weighted by Gasteiger charge is -2.10. The number of allylic oxidation sites excluding steroid dienone is 1. The molecule has 1 rings (SSSR count). The average molecular weight is 350 g/mol. The number of aliphatic carboxylic acids is 1. The molecule has 0 aromatic heterocycles. The number of nitrogens with zero attached hydrogens (tertiary/aromatic N) is 1. The van der Waals surface area contributed by atoms with E-state index < -0.39 is 12.0 Å². The number of aliphatic imine (C=N–C) groups is 1. The van der Waals surface area contributed by atoms with Gasteiger partial charge in [0.05, 0.1) is 7.11 Å². The van der Waals surface area contributed by atoms with Gasteiger partial charge in [-0.1, -0.05) is 6.08 Å². The third-order valence-corrected chi connectivity index (χ3v) is 3.24. The fraction of sp³-hybridized carbons (Fsp3) is 0.353. The van der Waals surface area contributed by atoms with Crippen molar-refractivity contribution in [1.29, 1.82) is 5.41 Å². The average Bonchev–Trinajstić information content (AvgIpc) is 2.61. The van der Waals surface area contributed by atoms with Crippen molar-refractivity contribution >= 4 is 18.9 Å². The molecular formula is C17H26N4O4. The number of hydrazine groups is 1. The lowest BCUT2D eigenvalue weighted by atomic mass is 10.1. The zero-order chi connectivity index (χ0) is 19.2. The number of carbonyl (C=O) groups is 1. The molecule has 25 heavy (non-hydrogen) atoms. The Morgan fingerprint density at radius 2 is 2.20 bits per heavy atom. The predicted molar refractivity (Wildman–Crippen MR) is 98.8 cm³/mol. The van der Waals surface area contributed by atoms with Gasteiger partial charge in [-0.2, -0.15) is 0 Å². The largest absolute Gasteiger partial charge is 0.504 e. The standard InChI is InChI=1S/C16H23N3O4.CH3N/c1-3-5-11-8-12(15(20)14(9-11)23-2)10-18-13(16(21)22)6-4-7-19-17;1-2/h3,8-10,13,19-20H,1,4-7,17H2,2H3,(H,21,22);2H,1H2. The Morgan fingerprint density at radius 1 is 1.52 bits per heavy atom. The molecule has 0 heterocycles. The summed E-state index contributed by atoms with van der Waals surface area (Å²) in [6.45, 7) is 6.68. The van der Waals surface area contributed by atoms with Gasteiger partial charge in [-0.25, -0.2) is 4.79 Å². The van der Waals surface area contributed by atoms with Gasteiger partial charge in [-0.15, -0.1) is 6.58 Å². The summed E-state index contributed by atoms with van der Waals surface area (Å²) in [7, 11) is 1.45. The van der Waals surface area contributed by atoms with Gasteiger partial charge >= 0.3 is 5.97 Å². The second-order valence-electron chi connectivity index (χ2n) is 4.96. The zero-order valence-electron chi connectivity index (χ0n) is 14.4. The van der Waals surface area contributed by atoms with Gasteiger partial charge in [0, 0.05) is 18.3 Å². The summed E-state index contributed by atoms with van der Waals surface area (Å²) in [4.78, 5) is 15.3. The number of carboxylic acids is 1. The first-order valence-corrected chi connectivity index (χ1v) is 7.59. The van der Waals surface area contributed by atoms with Crippen molar-refractivity contribution in [3.63, 3.8) is 0 Å². The Kier molecular flexibility index (Phi) is 11.3. The van der Waals surface area contributed by atoms with Crippen molar-refractivity contribution in [2.45, 2.75) is 25.3 Å². The van der Waals surface area contributed by atoms with E-state index in [9.17, 15) is 15.0 Å². The van der Waals surface area contributed by atoms with Gasteiger partial charge in [-0.3, -0.25) is 16.3 Å². The summed E-state index contributed by atoms with van der Waals surface area (Å²) in [5.41, 5.74) is 3.76. The second-order valence-corrected chi connectivity index (χ2v) is 4.96. The molecule has 0 saturated carbocycles. The van der Waals surface area contributed by atoms with E-state index in [1.54, 1.807) is 18.2 Å². The Morgan fingerprint density at radius 3 is 2.72 bits per heavy atom. The van der Waals surface area contributed by atoms with Crippen molar-refractivity contribution in [2.24, 2.45) is 10.8 Å². The number of ether oxygens (including phenoxy) is 1. The van der Waals surface area contributed by atoms with E-state index >= 15 is 0 Å². The second kappa shape index (κ2) is 12.7. The maximum Gasteiger partial charge on any atom is 0.328 e. The van der Waals surface area contributed by atoms with E-state index in [0.29, 0.717) is 37.1 Å². The molecule has 1 aromatic rings. The number of nitrogens with one attached hydrogen (secondary N) is 2. The van der Waals surface area contributed by atoms with E-state index in [-0.39, 0.29) is 5.75 Å². The van der Waals surface area contributed by atoms with Crippen LogP contribution in [-0.2, 0) is 11.2 Å². The zero-order valence-corrected chi connectivity index (χ0v) is 14.4. The van der Waals surface area contributed by atoms with Gasteiger partial charge < -0.3 is 20.4 Å². The maximum absolute atomic E-state index is 11.2. The SMILES string of the molecule is C=CCc1cc(C=NC(CCCNN)C(=O)O)c(O)c(OC)c1.C=N. The highest BCUT2D eigenvalue weighted by Gasteiger charge is 2.15. The van der Waals surface area contributed by atoms with E-state index in [4.69, 9.17) is 16.0 Å². The number of benzene rings is 1. The molecule has 1 unspecified atom stereocenters. The van der Waals surface area contributed by atoms with E-state index in [1.807, 2.05) is 0 Å². The highest BCUT2D eigenvalue weighted by Crippen LogP contribution is 2.30. The molecule has 0 fully saturated rings. The normalized spacial score (nSPS) is 11.4. The first-order chi connectivity index (χ1) is 12.0. The molecule has 0 aliphatic heterocycles. The van der Waals surface area contributed by atoms with Crippen LogP contribution >= 0.6 is 0 Å². The molecule has 0 aliphatic carbocycles. The van der Waals surface area contributed by atoms with Crippen LogP contribution in [0.5, 0.6) is 11.5 Å². The number of aromatic hydroxyl groups is 1. The lowest BCUT2D eigenvalue weighted by Crippen LogP contribution is -2.25. The van der Waals surface area contributed by atoms with Crippen LogP contribution in [0.25, 0.3) is 0 Å². The summed E-state index contributed by atoms with van der Waals surface area (Å²) >= 11 is 0. The fourth-order valence-corrected chi connectivity index (χ4v) is 2.06. The third kappa shape index (κ3) is 7.60. The minimum Gasteiger partial charge on any atom is -0.504 e. The van der Waals surface area contributed by atoms with Crippen molar-refractivity contribution in [3.8, 4) is 11.5 Å². The number of phenols is 1. The van der Waals surface area contributed by atoms with Gasteiger partial charge in [0.2, 0.25) is 0 Å². The summed E-state index contributed by atoms with van der Waals surface area (Å²) in [5.74, 6) is 4.38. The Labute approximate surface area is 147 Å². The molecule has 1 aromatic carbocycles. The molecule has 0 saturated heterocycles. The first kappa shape index (κ1) is 22.3. The van der Waals surface area contributed by atoms with Crippen molar-refractivity contribution in [1.82, 2.24) is 5.43 Å². The first-order valence-electron chi connectivity index (χ1n) is 7.59. The number of methoxy groups -OCH3 is 1. The lowest BCUT2D eigenvalue weighted by molar-refractivity contribution is -0.138. The summed E-state index contributed by atoms with van der Waals surface area (Å²) < 4.78 is 5.12. The monoisotopic (exact) mass is 350 g/mol. The van der Waals surface area contributed by atoms with Crippen LogP contribution in [-0.4, -0.2) is 48.8 Å². The molecule has 6 N–H and O–H groups in total.